The highest BCUT2D eigenvalue weighted by molar-refractivity contribution is 8.00. The summed E-state index contributed by atoms with van der Waals surface area (Å²) >= 11 is 1.60. The maximum atomic E-state index is 12.9. The number of carbonyl (C=O) groups is 1. The number of thioether (sulfide) groups is 1. The summed E-state index contributed by atoms with van der Waals surface area (Å²) in [6.07, 6.45) is 0. The fourth-order valence-corrected chi connectivity index (χ4v) is 5.26. The van der Waals surface area contributed by atoms with Gasteiger partial charge in [0.2, 0.25) is 12.7 Å². The van der Waals surface area contributed by atoms with Gasteiger partial charge in [-0.15, -0.1) is 11.8 Å². The van der Waals surface area contributed by atoms with E-state index < -0.39 is 0 Å². The van der Waals surface area contributed by atoms with Crippen molar-refractivity contribution < 1.29 is 23.7 Å². The van der Waals surface area contributed by atoms with Crippen molar-refractivity contribution in [2.24, 2.45) is 0 Å². The third-order valence-corrected chi connectivity index (χ3v) is 7.35. The smallest absolute Gasteiger partial charge is 0.244 e. The summed E-state index contributed by atoms with van der Waals surface area (Å²) in [7, 11) is 3.87. The van der Waals surface area contributed by atoms with Crippen LogP contribution < -0.4 is 23.8 Å². The second kappa shape index (κ2) is 10.5. The first-order valence-electron chi connectivity index (χ1n) is 11.6. The fraction of sp³-hybridized carbons (Fsp3) is 0.296. The summed E-state index contributed by atoms with van der Waals surface area (Å²) in [5.74, 6) is 3.12. The number of hydrogen-bond acceptors (Lipinski definition) is 7. The van der Waals surface area contributed by atoms with Gasteiger partial charge in [0.25, 0.3) is 0 Å². The van der Waals surface area contributed by atoms with Crippen molar-refractivity contribution in [1.29, 1.82) is 0 Å². The number of anilines is 1. The molecule has 0 fully saturated rings. The van der Waals surface area contributed by atoms with E-state index in [1.54, 1.807) is 16.7 Å². The molecule has 5 rings (SSSR count). The van der Waals surface area contributed by atoms with Gasteiger partial charge in [0.05, 0.1) is 5.69 Å². The summed E-state index contributed by atoms with van der Waals surface area (Å²) in [4.78, 5) is 17.9. The summed E-state index contributed by atoms with van der Waals surface area (Å²) in [6.45, 7) is 2.92. The molecule has 2 heterocycles. The number of benzene rings is 3. The number of amides is 1. The molecule has 3 aromatic carbocycles. The van der Waals surface area contributed by atoms with E-state index in [4.69, 9.17) is 18.9 Å². The first-order chi connectivity index (χ1) is 17.1. The van der Waals surface area contributed by atoms with E-state index in [1.165, 1.54) is 0 Å². The molecule has 0 radical (unpaired) electrons. The van der Waals surface area contributed by atoms with Gasteiger partial charge in [-0.25, -0.2) is 0 Å². The zero-order valence-corrected chi connectivity index (χ0v) is 20.6. The molecular formula is C27H28N2O5S. The highest BCUT2D eigenvalue weighted by Gasteiger charge is 2.32. The van der Waals surface area contributed by atoms with E-state index in [1.807, 2.05) is 74.8 Å². The highest BCUT2D eigenvalue weighted by atomic mass is 32.2. The first kappa shape index (κ1) is 23.4. The maximum Gasteiger partial charge on any atom is 0.244 e. The van der Waals surface area contributed by atoms with Gasteiger partial charge in [0.1, 0.15) is 30.0 Å². The van der Waals surface area contributed by atoms with Gasteiger partial charge in [-0.2, -0.15) is 0 Å². The molecule has 35 heavy (non-hydrogen) atoms. The molecule has 0 bridgehead atoms. The molecule has 1 amide bonds. The van der Waals surface area contributed by atoms with Crippen LogP contribution in [0.25, 0.3) is 0 Å². The van der Waals surface area contributed by atoms with Gasteiger partial charge in [-0.3, -0.25) is 9.69 Å². The molecule has 0 unspecified atom stereocenters. The van der Waals surface area contributed by atoms with Crippen LogP contribution in [0, 0.1) is 0 Å². The molecule has 1 atom stereocenters. The van der Waals surface area contributed by atoms with Crippen LogP contribution in [-0.4, -0.2) is 58.0 Å². The molecule has 2 aliphatic rings. The van der Waals surface area contributed by atoms with Crippen molar-refractivity contribution in [3.63, 3.8) is 0 Å². The van der Waals surface area contributed by atoms with Crippen molar-refractivity contribution in [2.75, 3.05) is 52.1 Å². The zero-order chi connectivity index (χ0) is 24.2. The Hall–Kier alpha value is -3.36. The number of likely N-dealkylation sites (N-methyl/N-ethyl adjacent to an activating group) is 2. The van der Waals surface area contributed by atoms with E-state index >= 15 is 0 Å². The molecule has 182 valence electrons. The number of rotatable bonds is 9. The van der Waals surface area contributed by atoms with Crippen molar-refractivity contribution in [1.82, 2.24) is 4.90 Å². The minimum Gasteiger partial charge on any atom is -0.492 e. The third-order valence-electron chi connectivity index (χ3n) is 6.04. The lowest BCUT2D eigenvalue weighted by Gasteiger charge is -2.31. The van der Waals surface area contributed by atoms with Crippen molar-refractivity contribution in [3.8, 4) is 23.0 Å². The second-order valence-corrected chi connectivity index (χ2v) is 9.59. The van der Waals surface area contributed by atoms with Crippen molar-refractivity contribution in [3.05, 3.63) is 72.3 Å². The number of hydrogen-bond donors (Lipinski definition) is 0. The third kappa shape index (κ3) is 5.33. The van der Waals surface area contributed by atoms with Crippen LogP contribution in [0.1, 0.15) is 10.8 Å². The molecule has 8 heteroatoms. The Labute approximate surface area is 209 Å². The summed E-state index contributed by atoms with van der Waals surface area (Å²) in [6, 6.07) is 21.4. The van der Waals surface area contributed by atoms with E-state index in [9.17, 15) is 4.79 Å². The quantitative estimate of drug-likeness (QED) is 0.432. The summed E-state index contributed by atoms with van der Waals surface area (Å²) < 4.78 is 22.4. The lowest BCUT2D eigenvalue weighted by atomic mass is 10.1. The fourth-order valence-electron chi connectivity index (χ4n) is 3.97. The van der Waals surface area contributed by atoms with Crippen molar-refractivity contribution in [2.45, 2.75) is 10.1 Å². The molecule has 0 aromatic heterocycles. The van der Waals surface area contributed by atoms with Crippen LogP contribution in [0.3, 0.4) is 0 Å². The van der Waals surface area contributed by atoms with Crippen LogP contribution >= 0.6 is 11.8 Å². The normalized spacial score (nSPS) is 16.4. The number of carbonyl (C=O) groups excluding carboxylic acids is 1. The Morgan fingerprint density at radius 1 is 0.943 bits per heavy atom. The van der Waals surface area contributed by atoms with Gasteiger partial charge < -0.3 is 23.8 Å². The number of nitrogens with zero attached hydrogens (tertiary/aromatic N) is 2. The molecule has 2 aliphatic heterocycles. The minimum absolute atomic E-state index is 0.0898. The largest absolute Gasteiger partial charge is 0.492 e. The number of ether oxygens (including phenoxy) is 4. The predicted octanol–water partition coefficient (Wildman–Crippen LogP) is 4.61. The lowest BCUT2D eigenvalue weighted by Crippen LogP contribution is -2.33. The Morgan fingerprint density at radius 2 is 1.63 bits per heavy atom. The lowest BCUT2D eigenvalue weighted by molar-refractivity contribution is -0.118. The van der Waals surface area contributed by atoms with Crippen LogP contribution in [0.15, 0.2) is 71.6 Å². The molecule has 0 spiro atoms. The van der Waals surface area contributed by atoms with Gasteiger partial charge in [-0.1, -0.05) is 24.3 Å². The molecule has 0 saturated carbocycles. The van der Waals surface area contributed by atoms with Gasteiger partial charge in [0, 0.05) is 31.1 Å². The Balaban J connectivity index is 1.06. The van der Waals surface area contributed by atoms with E-state index in [-0.39, 0.29) is 18.0 Å². The Kier molecular flexibility index (Phi) is 7.01. The first-order valence-corrected chi connectivity index (χ1v) is 12.4. The molecule has 0 aliphatic carbocycles. The highest BCUT2D eigenvalue weighted by Crippen LogP contribution is 2.46. The maximum absolute atomic E-state index is 12.9. The zero-order valence-electron chi connectivity index (χ0n) is 19.8. The summed E-state index contributed by atoms with van der Waals surface area (Å²) in [5, 5.41) is -0.250. The number of para-hydroxylation sites is 1. The molecule has 7 nitrogen and oxygen atoms in total. The predicted molar refractivity (Wildman–Crippen MR) is 136 cm³/mol. The molecule has 0 N–H and O–H groups in total. The average Bonchev–Trinajstić information content (AvgIpc) is 3.35. The van der Waals surface area contributed by atoms with E-state index in [0.29, 0.717) is 13.2 Å². The average molecular weight is 493 g/mol. The number of fused-ring (bicyclic) bond motifs is 2. The standard InChI is InChI=1S/C27H28N2O5S/c1-28(14-16-32-21-11-12-23-24(17-21)34-18-33-23)13-15-31-20-9-7-19(8-10-20)26-27(30)29(2)22-5-3-4-6-25(22)35-26/h3-12,17,26H,13-16,18H2,1-2H3/t26-/m1/s1. The Morgan fingerprint density at radius 3 is 2.43 bits per heavy atom. The molecule has 3 aromatic rings. The second-order valence-electron chi connectivity index (χ2n) is 8.45. The van der Waals surface area contributed by atoms with Crippen LogP contribution in [0.4, 0.5) is 5.69 Å². The molecular weight excluding hydrogens is 464 g/mol. The van der Waals surface area contributed by atoms with Crippen molar-refractivity contribution >= 4 is 23.4 Å². The van der Waals surface area contributed by atoms with E-state index in [2.05, 4.69) is 11.0 Å². The minimum atomic E-state index is -0.250. The van der Waals surface area contributed by atoms with Crippen LogP contribution in [-0.2, 0) is 4.79 Å². The topological polar surface area (TPSA) is 60.5 Å². The van der Waals surface area contributed by atoms with Gasteiger partial charge >= 0.3 is 0 Å². The van der Waals surface area contributed by atoms with Gasteiger partial charge in [0.15, 0.2) is 11.5 Å². The summed E-state index contributed by atoms with van der Waals surface area (Å²) in [5.41, 5.74) is 1.94. The molecule has 0 saturated heterocycles. The van der Waals surface area contributed by atoms with E-state index in [0.717, 1.165) is 52.2 Å². The van der Waals surface area contributed by atoms with Crippen LogP contribution in [0.2, 0.25) is 0 Å². The SMILES string of the molecule is CN(CCOc1ccc([C@H]2Sc3ccccc3N(C)C2=O)cc1)CCOc1ccc2c(c1)OCO2. The monoisotopic (exact) mass is 492 g/mol. The van der Waals surface area contributed by atoms with Gasteiger partial charge in [-0.05, 0) is 49.0 Å². The van der Waals surface area contributed by atoms with Crippen LogP contribution in [0.5, 0.6) is 23.0 Å². The Bertz CT molecular complexity index is 1190.